The highest BCUT2D eigenvalue weighted by Crippen LogP contribution is 2.18. The van der Waals surface area contributed by atoms with Crippen LogP contribution >= 0.6 is 15.9 Å². The van der Waals surface area contributed by atoms with Gasteiger partial charge in [0.05, 0.1) is 12.7 Å². The van der Waals surface area contributed by atoms with E-state index < -0.39 is 0 Å². The summed E-state index contributed by atoms with van der Waals surface area (Å²) < 4.78 is 5.57. The SMILES string of the molecule is COc1ccc(NC(=O)c2cccnc2Br)cc1. The lowest BCUT2D eigenvalue weighted by Gasteiger charge is -2.07. The molecule has 0 aliphatic carbocycles. The molecule has 0 fully saturated rings. The minimum atomic E-state index is -0.208. The van der Waals surface area contributed by atoms with Crippen molar-refractivity contribution in [1.29, 1.82) is 0 Å². The number of nitrogens with zero attached hydrogens (tertiary/aromatic N) is 1. The molecular weight excluding hydrogens is 296 g/mol. The molecule has 1 heterocycles. The lowest BCUT2D eigenvalue weighted by atomic mass is 10.2. The number of amides is 1. The summed E-state index contributed by atoms with van der Waals surface area (Å²) in [5.41, 5.74) is 1.20. The van der Waals surface area contributed by atoms with Gasteiger partial charge in [0.1, 0.15) is 10.4 Å². The van der Waals surface area contributed by atoms with Crippen LogP contribution in [0.3, 0.4) is 0 Å². The van der Waals surface area contributed by atoms with E-state index in [0.29, 0.717) is 15.9 Å². The lowest BCUT2D eigenvalue weighted by Crippen LogP contribution is -2.12. The van der Waals surface area contributed by atoms with E-state index in [9.17, 15) is 4.79 Å². The van der Waals surface area contributed by atoms with Crippen molar-refractivity contribution in [3.05, 3.63) is 52.8 Å². The molecule has 1 amide bonds. The van der Waals surface area contributed by atoms with E-state index in [0.717, 1.165) is 5.75 Å². The zero-order valence-electron chi connectivity index (χ0n) is 9.68. The highest BCUT2D eigenvalue weighted by molar-refractivity contribution is 9.10. The molecule has 1 N–H and O–H groups in total. The summed E-state index contributed by atoms with van der Waals surface area (Å²) in [7, 11) is 1.60. The molecule has 1 aromatic heterocycles. The van der Waals surface area contributed by atoms with Crippen LogP contribution in [0.5, 0.6) is 5.75 Å². The molecule has 2 rings (SSSR count). The van der Waals surface area contributed by atoms with Crippen molar-refractivity contribution >= 4 is 27.5 Å². The predicted octanol–water partition coefficient (Wildman–Crippen LogP) is 3.11. The largest absolute Gasteiger partial charge is 0.497 e. The molecule has 92 valence electrons. The van der Waals surface area contributed by atoms with Gasteiger partial charge in [-0.1, -0.05) is 0 Å². The Kier molecular flexibility index (Phi) is 3.94. The number of anilines is 1. The summed E-state index contributed by atoms with van der Waals surface area (Å²) in [6.45, 7) is 0. The fraction of sp³-hybridized carbons (Fsp3) is 0.0769. The number of halogens is 1. The van der Waals surface area contributed by atoms with Gasteiger partial charge in [-0.2, -0.15) is 0 Å². The van der Waals surface area contributed by atoms with Crippen molar-refractivity contribution in [1.82, 2.24) is 4.98 Å². The molecule has 0 bridgehead atoms. The van der Waals surface area contributed by atoms with Crippen molar-refractivity contribution in [2.75, 3.05) is 12.4 Å². The van der Waals surface area contributed by atoms with E-state index in [2.05, 4.69) is 26.2 Å². The van der Waals surface area contributed by atoms with Gasteiger partial charge >= 0.3 is 0 Å². The highest BCUT2D eigenvalue weighted by atomic mass is 79.9. The topological polar surface area (TPSA) is 51.2 Å². The Balaban J connectivity index is 2.14. The molecule has 0 spiro atoms. The van der Waals surface area contributed by atoms with Crippen molar-refractivity contribution in [2.24, 2.45) is 0 Å². The zero-order valence-corrected chi connectivity index (χ0v) is 11.3. The van der Waals surface area contributed by atoms with Crippen LogP contribution < -0.4 is 10.1 Å². The van der Waals surface area contributed by atoms with E-state index in [4.69, 9.17) is 4.74 Å². The number of carbonyl (C=O) groups is 1. The molecule has 1 aromatic carbocycles. The van der Waals surface area contributed by atoms with Gasteiger partial charge in [0.2, 0.25) is 0 Å². The Morgan fingerprint density at radius 3 is 2.61 bits per heavy atom. The molecule has 0 aliphatic rings. The van der Waals surface area contributed by atoms with Crippen LogP contribution in [-0.4, -0.2) is 18.0 Å². The molecule has 0 atom stereocenters. The fourth-order valence-corrected chi connectivity index (χ4v) is 1.86. The van der Waals surface area contributed by atoms with Gasteiger partial charge in [-0.3, -0.25) is 4.79 Å². The first-order valence-electron chi connectivity index (χ1n) is 5.26. The fourth-order valence-electron chi connectivity index (χ4n) is 1.43. The molecule has 5 heteroatoms. The molecular formula is C13H11BrN2O2. The van der Waals surface area contributed by atoms with Gasteiger partial charge in [-0.15, -0.1) is 0 Å². The number of methoxy groups -OCH3 is 1. The number of pyridine rings is 1. The first-order valence-corrected chi connectivity index (χ1v) is 6.06. The van der Waals surface area contributed by atoms with E-state index in [1.54, 1.807) is 49.7 Å². The number of nitrogens with one attached hydrogen (secondary N) is 1. The normalized spacial score (nSPS) is 9.89. The number of hydrogen-bond donors (Lipinski definition) is 1. The molecule has 0 saturated carbocycles. The summed E-state index contributed by atoms with van der Waals surface area (Å²) in [6.07, 6.45) is 1.62. The maximum atomic E-state index is 12.0. The van der Waals surface area contributed by atoms with Crippen LogP contribution in [-0.2, 0) is 0 Å². The number of rotatable bonds is 3. The van der Waals surface area contributed by atoms with E-state index in [1.807, 2.05) is 0 Å². The molecule has 4 nitrogen and oxygen atoms in total. The molecule has 0 unspecified atom stereocenters. The standard InChI is InChI=1S/C13H11BrN2O2/c1-18-10-6-4-9(5-7-10)16-13(17)11-3-2-8-15-12(11)14/h2-8H,1H3,(H,16,17). The second-order valence-corrected chi connectivity index (χ2v) is 4.28. The number of carbonyl (C=O) groups excluding carboxylic acids is 1. The third-order valence-corrected chi connectivity index (χ3v) is 2.98. The van der Waals surface area contributed by atoms with Crippen LogP contribution in [0.2, 0.25) is 0 Å². The third-order valence-electron chi connectivity index (χ3n) is 2.35. The Morgan fingerprint density at radius 2 is 2.00 bits per heavy atom. The van der Waals surface area contributed by atoms with Gasteiger partial charge in [0, 0.05) is 11.9 Å². The van der Waals surface area contributed by atoms with Gasteiger partial charge in [0.25, 0.3) is 5.91 Å². The second kappa shape index (κ2) is 5.64. The smallest absolute Gasteiger partial charge is 0.258 e. The van der Waals surface area contributed by atoms with E-state index in [-0.39, 0.29) is 5.91 Å². The van der Waals surface area contributed by atoms with Crippen molar-refractivity contribution in [2.45, 2.75) is 0 Å². The van der Waals surface area contributed by atoms with Crippen molar-refractivity contribution < 1.29 is 9.53 Å². The van der Waals surface area contributed by atoms with Gasteiger partial charge in [0.15, 0.2) is 0 Å². The monoisotopic (exact) mass is 306 g/mol. The summed E-state index contributed by atoms with van der Waals surface area (Å²) in [5.74, 6) is 0.538. The molecule has 0 saturated heterocycles. The average molecular weight is 307 g/mol. The molecule has 18 heavy (non-hydrogen) atoms. The highest BCUT2D eigenvalue weighted by Gasteiger charge is 2.10. The first-order chi connectivity index (χ1) is 8.70. The Bertz CT molecular complexity index is 555. The number of benzene rings is 1. The number of aromatic nitrogens is 1. The van der Waals surface area contributed by atoms with Crippen LogP contribution in [0.4, 0.5) is 5.69 Å². The Morgan fingerprint density at radius 1 is 1.28 bits per heavy atom. The molecule has 2 aromatic rings. The lowest BCUT2D eigenvalue weighted by molar-refractivity contribution is 0.102. The predicted molar refractivity (Wildman–Crippen MR) is 72.9 cm³/mol. The van der Waals surface area contributed by atoms with Gasteiger partial charge < -0.3 is 10.1 Å². The minimum absolute atomic E-state index is 0.208. The second-order valence-electron chi connectivity index (χ2n) is 3.52. The number of hydrogen-bond acceptors (Lipinski definition) is 3. The van der Waals surface area contributed by atoms with Gasteiger partial charge in [-0.05, 0) is 52.3 Å². The van der Waals surface area contributed by atoms with Crippen LogP contribution in [0.15, 0.2) is 47.2 Å². The summed E-state index contributed by atoms with van der Waals surface area (Å²) in [5, 5.41) is 2.79. The minimum Gasteiger partial charge on any atom is -0.497 e. The van der Waals surface area contributed by atoms with Crippen molar-refractivity contribution in [3.8, 4) is 5.75 Å². The maximum absolute atomic E-state index is 12.0. The number of ether oxygens (including phenoxy) is 1. The molecule has 0 aliphatic heterocycles. The van der Waals surface area contributed by atoms with Crippen LogP contribution in [0, 0.1) is 0 Å². The summed E-state index contributed by atoms with van der Waals surface area (Å²) >= 11 is 3.24. The Labute approximate surface area is 113 Å². The Hall–Kier alpha value is -1.88. The van der Waals surface area contributed by atoms with Gasteiger partial charge in [-0.25, -0.2) is 4.98 Å². The quantitative estimate of drug-likeness (QED) is 0.887. The van der Waals surface area contributed by atoms with Crippen LogP contribution in [0.1, 0.15) is 10.4 Å². The summed E-state index contributed by atoms with van der Waals surface area (Å²) in [6, 6.07) is 10.5. The van der Waals surface area contributed by atoms with E-state index >= 15 is 0 Å². The third kappa shape index (κ3) is 2.87. The summed E-state index contributed by atoms with van der Waals surface area (Å²) in [4.78, 5) is 16.0. The maximum Gasteiger partial charge on any atom is 0.258 e. The zero-order chi connectivity index (χ0) is 13.0. The van der Waals surface area contributed by atoms with E-state index in [1.165, 1.54) is 0 Å². The first kappa shape index (κ1) is 12.6. The van der Waals surface area contributed by atoms with Crippen LogP contribution in [0.25, 0.3) is 0 Å². The average Bonchev–Trinajstić information content (AvgIpc) is 2.40. The van der Waals surface area contributed by atoms with Crippen molar-refractivity contribution in [3.63, 3.8) is 0 Å². The molecule has 0 radical (unpaired) electrons.